The van der Waals surface area contributed by atoms with Crippen molar-refractivity contribution in [3.8, 4) is 17.6 Å². The van der Waals surface area contributed by atoms with Gasteiger partial charge in [0.05, 0.1) is 19.2 Å². The molecule has 21 heavy (non-hydrogen) atoms. The van der Waals surface area contributed by atoms with Crippen LogP contribution >= 0.6 is 11.3 Å². The van der Waals surface area contributed by atoms with Crippen molar-refractivity contribution in [2.24, 2.45) is 0 Å². The maximum Gasteiger partial charge on any atom is 0.251 e. The van der Waals surface area contributed by atoms with Gasteiger partial charge in [-0.05, 0) is 18.2 Å². The molecule has 108 valence electrons. The van der Waals surface area contributed by atoms with Crippen LogP contribution in [-0.2, 0) is 6.54 Å². The number of aromatic nitrogens is 1. The summed E-state index contributed by atoms with van der Waals surface area (Å²) in [4.78, 5) is 16.2. The van der Waals surface area contributed by atoms with E-state index in [1.54, 1.807) is 24.4 Å². The molecule has 0 saturated carbocycles. The van der Waals surface area contributed by atoms with E-state index < -0.39 is 0 Å². The molecule has 1 heterocycles. The van der Waals surface area contributed by atoms with E-state index in [1.165, 1.54) is 18.4 Å². The highest BCUT2D eigenvalue weighted by molar-refractivity contribution is 7.09. The molecule has 0 fully saturated rings. The second kappa shape index (κ2) is 7.43. The van der Waals surface area contributed by atoms with Crippen LogP contribution in [0.1, 0.15) is 20.9 Å². The number of aliphatic hydroxyl groups is 1. The van der Waals surface area contributed by atoms with Gasteiger partial charge in [0.15, 0.2) is 0 Å². The predicted octanol–water partition coefficient (Wildman–Crippen LogP) is 1.43. The highest BCUT2D eigenvalue weighted by Gasteiger charge is 2.09. The second-order valence-electron chi connectivity index (χ2n) is 3.98. The molecule has 1 amide bonds. The average Bonchev–Trinajstić information content (AvgIpc) is 3.03. The maximum atomic E-state index is 12.1. The Morgan fingerprint density at radius 3 is 3.05 bits per heavy atom. The summed E-state index contributed by atoms with van der Waals surface area (Å²) < 4.78 is 5.17. The Bertz CT molecular complexity index is 672. The minimum Gasteiger partial charge on any atom is -0.495 e. The van der Waals surface area contributed by atoms with Crippen molar-refractivity contribution < 1.29 is 14.6 Å². The number of nitrogens with zero attached hydrogens (tertiary/aromatic N) is 1. The number of thiazole rings is 1. The molecule has 0 aliphatic heterocycles. The second-order valence-corrected chi connectivity index (χ2v) is 4.96. The fraction of sp³-hybridized carbons (Fsp3) is 0.200. The van der Waals surface area contributed by atoms with Crippen LogP contribution in [0.15, 0.2) is 29.8 Å². The first-order valence-corrected chi connectivity index (χ1v) is 7.07. The van der Waals surface area contributed by atoms with E-state index in [0.29, 0.717) is 23.4 Å². The summed E-state index contributed by atoms with van der Waals surface area (Å²) in [5, 5.41) is 14.3. The number of ether oxygens (including phenoxy) is 1. The molecule has 2 N–H and O–H groups in total. The number of rotatable bonds is 4. The van der Waals surface area contributed by atoms with Crippen LogP contribution in [0.4, 0.5) is 0 Å². The Kier molecular flexibility index (Phi) is 5.32. The first-order valence-electron chi connectivity index (χ1n) is 6.19. The van der Waals surface area contributed by atoms with Crippen LogP contribution in [0.25, 0.3) is 0 Å². The number of amides is 1. The van der Waals surface area contributed by atoms with E-state index in [-0.39, 0.29) is 12.5 Å². The van der Waals surface area contributed by atoms with E-state index in [4.69, 9.17) is 9.84 Å². The molecule has 2 aromatic rings. The molecule has 0 unspecified atom stereocenters. The van der Waals surface area contributed by atoms with E-state index in [0.717, 1.165) is 5.01 Å². The molecule has 0 aliphatic rings. The molecule has 0 bridgehead atoms. The molecule has 6 heteroatoms. The van der Waals surface area contributed by atoms with Crippen molar-refractivity contribution in [3.05, 3.63) is 45.9 Å². The lowest BCUT2D eigenvalue weighted by Gasteiger charge is -2.07. The van der Waals surface area contributed by atoms with Gasteiger partial charge in [-0.25, -0.2) is 4.98 Å². The Morgan fingerprint density at radius 2 is 2.38 bits per heavy atom. The van der Waals surface area contributed by atoms with Crippen LogP contribution in [0, 0.1) is 11.8 Å². The van der Waals surface area contributed by atoms with Crippen LogP contribution in [-0.4, -0.2) is 29.7 Å². The number of carbonyl (C=O) groups is 1. The number of aliphatic hydroxyl groups excluding tert-OH is 1. The molecule has 0 saturated heterocycles. The molecule has 0 spiro atoms. The minimum atomic E-state index is -0.246. The van der Waals surface area contributed by atoms with Crippen LogP contribution < -0.4 is 10.1 Å². The number of benzene rings is 1. The zero-order valence-corrected chi connectivity index (χ0v) is 12.2. The molecule has 2 rings (SSSR count). The lowest BCUT2D eigenvalue weighted by molar-refractivity contribution is 0.0951. The zero-order valence-electron chi connectivity index (χ0n) is 11.4. The third-order valence-corrected chi connectivity index (χ3v) is 3.43. The molecule has 5 nitrogen and oxygen atoms in total. The average molecular weight is 302 g/mol. The van der Waals surface area contributed by atoms with Gasteiger partial charge in [0, 0.05) is 17.1 Å². The first-order chi connectivity index (χ1) is 10.2. The van der Waals surface area contributed by atoms with Gasteiger partial charge in [0.25, 0.3) is 5.91 Å². The van der Waals surface area contributed by atoms with E-state index in [2.05, 4.69) is 22.1 Å². The summed E-state index contributed by atoms with van der Waals surface area (Å²) >= 11 is 1.48. The number of hydrogen-bond donors (Lipinski definition) is 2. The van der Waals surface area contributed by atoms with Gasteiger partial charge in [0.2, 0.25) is 0 Å². The summed E-state index contributed by atoms with van der Waals surface area (Å²) in [5.41, 5.74) is 1.04. The van der Waals surface area contributed by atoms with Crippen LogP contribution in [0.3, 0.4) is 0 Å². The largest absolute Gasteiger partial charge is 0.495 e. The fourth-order valence-electron chi connectivity index (χ4n) is 1.68. The van der Waals surface area contributed by atoms with Crippen molar-refractivity contribution in [1.82, 2.24) is 10.3 Å². The van der Waals surface area contributed by atoms with Gasteiger partial charge in [-0.2, -0.15) is 0 Å². The molecule has 1 aromatic heterocycles. The van der Waals surface area contributed by atoms with Crippen molar-refractivity contribution in [3.63, 3.8) is 0 Å². The Labute approximate surface area is 126 Å². The molecular formula is C15H14N2O3S. The summed E-state index contributed by atoms with van der Waals surface area (Å²) in [6, 6.07) is 4.98. The van der Waals surface area contributed by atoms with Crippen molar-refractivity contribution in [2.45, 2.75) is 6.54 Å². The zero-order chi connectivity index (χ0) is 15.1. The van der Waals surface area contributed by atoms with Gasteiger partial charge in [-0.3, -0.25) is 4.79 Å². The molecule has 1 aromatic carbocycles. The van der Waals surface area contributed by atoms with Crippen LogP contribution in [0.5, 0.6) is 5.75 Å². The third-order valence-electron chi connectivity index (χ3n) is 2.65. The minimum absolute atomic E-state index is 0.208. The van der Waals surface area contributed by atoms with Crippen LogP contribution in [0.2, 0.25) is 0 Å². The van der Waals surface area contributed by atoms with Crippen molar-refractivity contribution >= 4 is 17.2 Å². The molecule has 0 radical (unpaired) electrons. The highest BCUT2D eigenvalue weighted by Crippen LogP contribution is 2.19. The maximum absolute atomic E-state index is 12.1. The lowest BCUT2D eigenvalue weighted by atomic mass is 10.1. The SMILES string of the molecule is COc1ccc(C(=O)NCc2nccs2)cc1C#CCO. The molecule has 0 atom stereocenters. The van der Waals surface area contributed by atoms with Gasteiger partial charge in [-0.1, -0.05) is 11.8 Å². The molecule has 0 aliphatic carbocycles. The highest BCUT2D eigenvalue weighted by atomic mass is 32.1. The number of methoxy groups -OCH3 is 1. The summed E-state index contributed by atoms with van der Waals surface area (Å²) in [6.07, 6.45) is 1.70. The van der Waals surface area contributed by atoms with E-state index >= 15 is 0 Å². The Balaban J connectivity index is 2.13. The molecular weight excluding hydrogens is 288 g/mol. The number of nitrogens with one attached hydrogen (secondary N) is 1. The standard InChI is InChI=1S/C15H14N2O3S/c1-20-13-5-4-12(9-11(13)3-2-7-18)15(19)17-10-14-16-6-8-21-14/h4-6,8-9,18H,7,10H2,1H3,(H,17,19). The first kappa shape index (κ1) is 15.0. The fourth-order valence-corrected chi connectivity index (χ4v) is 2.24. The van der Waals surface area contributed by atoms with Gasteiger partial charge < -0.3 is 15.2 Å². The van der Waals surface area contributed by atoms with Crippen molar-refractivity contribution in [1.29, 1.82) is 0 Å². The van der Waals surface area contributed by atoms with Gasteiger partial charge in [-0.15, -0.1) is 11.3 Å². The van der Waals surface area contributed by atoms with Gasteiger partial charge in [0.1, 0.15) is 17.4 Å². The lowest BCUT2D eigenvalue weighted by Crippen LogP contribution is -2.22. The predicted molar refractivity (Wildman–Crippen MR) is 80.2 cm³/mol. The normalized spacial score (nSPS) is 9.62. The topological polar surface area (TPSA) is 71.5 Å². The number of carbonyl (C=O) groups excluding carboxylic acids is 1. The summed E-state index contributed by atoms with van der Waals surface area (Å²) in [5.74, 6) is 5.66. The third kappa shape index (κ3) is 4.05. The summed E-state index contributed by atoms with van der Waals surface area (Å²) in [7, 11) is 1.53. The smallest absolute Gasteiger partial charge is 0.251 e. The number of hydrogen-bond acceptors (Lipinski definition) is 5. The van der Waals surface area contributed by atoms with E-state index in [9.17, 15) is 4.79 Å². The Morgan fingerprint density at radius 1 is 1.52 bits per heavy atom. The van der Waals surface area contributed by atoms with E-state index in [1.807, 2.05) is 5.38 Å². The Hall–Kier alpha value is -2.36. The van der Waals surface area contributed by atoms with Crippen molar-refractivity contribution in [2.75, 3.05) is 13.7 Å². The van der Waals surface area contributed by atoms with Gasteiger partial charge >= 0.3 is 0 Å². The summed E-state index contributed by atoms with van der Waals surface area (Å²) in [6.45, 7) is 0.143. The monoisotopic (exact) mass is 302 g/mol. The quantitative estimate of drug-likeness (QED) is 0.838.